The van der Waals surface area contributed by atoms with Crippen molar-refractivity contribution in [2.24, 2.45) is 5.92 Å². The number of carbonyl (C=O) groups excluding carboxylic acids is 1. The summed E-state index contributed by atoms with van der Waals surface area (Å²) in [6.45, 7) is 24.4. The number of rotatable bonds is 7. The first-order chi connectivity index (χ1) is 29.4. The Kier molecular flexibility index (Phi) is 10.9. The molecule has 4 atom stereocenters. The Labute approximate surface area is 367 Å². The van der Waals surface area contributed by atoms with Gasteiger partial charge in [0, 0.05) is 17.5 Å². The fourth-order valence-electron chi connectivity index (χ4n) is 12.7. The highest BCUT2D eigenvalue weighted by Gasteiger charge is 2.53. The molecule has 0 saturated carbocycles. The number of aromatic nitrogens is 3. The molecule has 1 amide bonds. The van der Waals surface area contributed by atoms with Crippen LogP contribution in [0.1, 0.15) is 119 Å². The van der Waals surface area contributed by atoms with E-state index in [-0.39, 0.29) is 58.5 Å². The van der Waals surface area contributed by atoms with Gasteiger partial charge in [0.25, 0.3) is 0 Å². The maximum atomic E-state index is 18.0. The number of ether oxygens (including phenoxy) is 2. The molecule has 4 saturated heterocycles. The maximum Gasteiger partial charge on any atom is 0.410 e. The summed E-state index contributed by atoms with van der Waals surface area (Å²) in [5.74, 6) is 2.98. The van der Waals surface area contributed by atoms with E-state index in [4.69, 9.17) is 24.4 Å². The largest absolute Gasteiger partial charge is 0.461 e. The Morgan fingerprint density at radius 2 is 1.66 bits per heavy atom. The fourth-order valence-corrected chi connectivity index (χ4v) is 17.9. The van der Waals surface area contributed by atoms with E-state index in [1.807, 2.05) is 43.9 Å². The molecule has 4 fully saturated rings. The van der Waals surface area contributed by atoms with Crippen molar-refractivity contribution >= 4 is 41.7 Å². The summed E-state index contributed by atoms with van der Waals surface area (Å²) < 4.78 is 47.0. The quantitative estimate of drug-likeness (QED) is 0.134. The van der Waals surface area contributed by atoms with Crippen LogP contribution in [-0.2, 0) is 11.2 Å². The van der Waals surface area contributed by atoms with Crippen LogP contribution in [0.25, 0.3) is 32.9 Å². The van der Waals surface area contributed by atoms with Gasteiger partial charge in [-0.05, 0) is 113 Å². The van der Waals surface area contributed by atoms with Crippen LogP contribution in [0.2, 0.25) is 16.6 Å². The van der Waals surface area contributed by atoms with E-state index in [1.165, 1.54) is 6.07 Å². The lowest BCUT2D eigenvalue weighted by Crippen LogP contribution is -2.63. The van der Waals surface area contributed by atoms with Crippen molar-refractivity contribution in [2.45, 2.75) is 160 Å². The van der Waals surface area contributed by atoms with Gasteiger partial charge in [0.15, 0.2) is 5.82 Å². The standard InChI is InChI=1S/C50H64F2N6O3Si/c1-29(2)62(30(3)4,31(5)6)25-20-35-37(51)18-16-33-14-11-15-36(40(33)35)43-42(52)44-41-38(53-43)26-32(7)45-39-19-17-34(58(39)48(59)61-49(8,9)10)27-57(45)46(41)55-47(54-44)60-28-50-21-12-23-56(50)24-13-22-50/h11,14-16,18,29-32,34,39,45H,12-13,17,19,21-24,26-28H2,1-10H3/t32-,34+,39-,45-/m0/s1. The number of piperazine rings is 1. The van der Waals surface area contributed by atoms with E-state index < -0.39 is 25.3 Å². The number of pyridine rings is 1. The van der Waals surface area contributed by atoms with E-state index in [1.54, 1.807) is 6.07 Å². The van der Waals surface area contributed by atoms with Crippen molar-refractivity contribution in [2.75, 3.05) is 31.1 Å². The SMILES string of the molecule is CC(C)[Si](C#Cc1c(F)ccc2cccc(-c3nc4c5c(nc(OCC67CCCN6CCC7)nc5c3F)N3C[C@H]5CC[C@@H]([C@@H]3[C@@H](C)C4)N5C(=O)OC(C)(C)C)c12)(C(C)C)C(C)C. The average Bonchev–Trinajstić information content (AvgIpc) is 3.86. The number of fused-ring (bicyclic) bond motifs is 7. The smallest absolute Gasteiger partial charge is 0.410 e. The van der Waals surface area contributed by atoms with E-state index >= 15 is 8.78 Å². The van der Waals surface area contributed by atoms with Crippen LogP contribution in [0.4, 0.5) is 19.4 Å². The number of halogens is 2. The molecular weight excluding hydrogens is 799 g/mol. The van der Waals surface area contributed by atoms with Gasteiger partial charge in [0.05, 0.1) is 40.3 Å². The predicted molar refractivity (Wildman–Crippen MR) is 245 cm³/mol. The van der Waals surface area contributed by atoms with Crippen LogP contribution in [-0.4, -0.2) is 94.4 Å². The topological polar surface area (TPSA) is 83.9 Å². The molecule has 0 N–H and O–H groups in total. The Hall–Kier alpha value is -4.34. The highest BCUT2D eigenvalue weighted by atomic mass is 28.3. The first kappa shape index (κ1) is 42.9. The first-order valence-electron chi connectivity index (χ1n) is 23.2. The summed E-state index contributed by atoms with van der Waals surface area (Å²) >= 11 is 0. The minimum absolute atomic E-state index is 0.00596. The van der Waals surface area contributed by atoms with Gasteiger partial charge < -0.3 is 14.4 Å². The predicted octanol–water partition coefficient (Wildman–Crippen LogP) is 10.8. The summed E-state index contributed by atoms with van der Waals surface area (Å²) in [6, 6.07) is 8.66. The number of anilines is 1. The summed E-state index contributed by atoms with van der Waals surface area (Å²) in [5.41, 5.74) is 5.80. The zero-order chi connectivity index (χ0) is 44.0. The minimum atomic E-state index is -2.26. The summed E-state index contributed by atoms with van der Waals surface area (Å²) in [5, 5.41) is 1.89. The highest BCUT2D eigenvalue weighted by molar-refractivity contribution is 6.90. The van der Waals surface area contributed by atoms with Gasteiger partial charge in [-0.2, -0.15) is 9.97 Å². The highest BCUT2D eigenvalue weighted by Crippen LogP contribution is 2.48. The van der Waals surface area contributed by atoms with E-state index in [9.17, 15) is 4.79 Å². The number of hydrogen-bond acceptors (Lipinski definition) is 8. The van der Waals surface area contributed by atoms with Gasteiger partial charge in [0.2, 0.25) is 0 Å². The number of hydrogen-bond donors (Lipinski definition) is 0. The first-order valence-corrected chi connectivity index (χ1v) is 25.5. The molecule has 9 rings (SSSR count). The molecule has 5 aliphatic heterocycles. The molecule has 4 aromatic rings. The average molecular weight is 863 g/mol. The zero-order valence-electron chi connectivity index (χ0n) is 38.4. The Morgan fingerprint density at radius 1 is 0.952 bits per heavy atom. The van der Waals surface area contributed by atoms with Gasteiger partial charge in [0.1, 0.15) is 43.1 Å². The summed E-state index contributed by atoms with van der Waals surface area (Å²) in [6.07, 6.45) is 6.22. The van der Waals surface area contributed by atoms with Crippen molar-refractivity contribution in [3.05, 3.63) is 53.2 Å². The van der Waals surface area contributed by atoms with Crippen LogP contribution in [0.15, 0.2) is 30.3 Å². The molecule has 0 aliphatic carbocycles. The summed E-state index contributed by atoms with van der Waals surface area (Å²) in [4.78, 5) is 36.0. The number of nitrogens with zero attached hydrogens (tertiary/aromatic N) is 6. The second kappa shape index (κ2) is 15.7. The maximum absolute atomic E-state index is 18.0. The third kappa shape index (κ3) is 6.95. The molecular formula is C50H64F2N6O3Si. The molecule has 5 aliphatic rings. The molecule has 2 bridgehead atoms. The van der Waals surface area contributed by atoms with Crippen molar-refractivity contribution in [3.8, 4) is 28.7 Å². The Morgan fingerprint density at radius 3 is 2.34 bits per heavy atom. The lowest BCUT2D eigenvalue weighted by Gasteiger charge is -2.49. The van der Waals surface area contributed by atoms with E-state index in [0.29, 0.717) is 64.0 Å². The number of benzene rings is 2. The second-order valence-corrected chi connectivity index (χ2v) is 26.5. The normalized spacial score (nSPS) is 23.3. The van der Waals surface area contributed by atoms with Crippen molar-refractivity contribution < 1.29 is 23.0 Å². The zero-order valence-corrected chi connectivity index (χ0v) is 39.4. The van der Waals surface area contributed by atoms with Crippen LogP contribution >= 0.6 is 0 Å². The van der Waals surface area contributed by atoms with Crippen LogP contribution < -0.4 is 9.64 Å². The lowest BCUT2D eigenvalue weighted by atomic mass is 9.88. The van der Waals surface area contributed by atoms with Crippen molar-refractivity contribution in [1.82, 2.24) is 24.8 Å². The van der Waals surface area contributed by atoms with Crippen LogP contribution in [0.5, 0.6) is 6.01 Å². The van der Waals surface area contributed by atoms with E-state index in [0.717, 1.165) is 57.0 Å². The molecule has 12 heteroatoms. The summed E-state index contributed by atoms with van der Waals surface area (Å²) in [7, 11) is -2.26. The van der Waals surface area contributed by atoms with Gasteiger partial charge in [-0.25, -0.2) is 18.6 Å². The van der Waals surface area contributed by atoms with Gasteiger partial charge in [-0.3, -0.25) is 9.80 Å². The molecule has 2 aromatic carbocycles. The molecule has 2 aromatic heterocycles. The third-order valence-corrected chi connectivity index (χ3v) is 21.6. The van der Waals surface area contributed by atoms with Gasteiger partial charge in [-0.15, -0.1) is 5.54 Å². The molecule has 0 radical (unpaired) electrons. The third-order valence-electron chi connectivity index (χ3n) is 15.3. The van der Waals surface area contributed by atoms with Gasteiger partial charge >= 0.3 is 12.1 Å². The fraction of sp³-hybridized carbons (Fsp3) is 0.600. The van der Waals surface area contributed by atoms with Crippen molar-refractivity contribution in [1.29, 1.82) is 0 Å². The Balaban J connectivity index is 1.23. The van der Waals surface area contributed by atoms with Crippen LogP contribution in [0.3, 0.4) is 0 Å². The monoisotopic (exact) mass is 862 g/mol. The molecule has 7 heterocycles. The number of amides is 1. The Bertz CT molecular complexity index is 2460. The second-order valence-electron chi connectivity index (χ2n) is 21.0. The molecule has 0 unspecified atom stereocenters. The molecule has 330 valence electrons. The van der Waals surface area contributed by atoms with Crippen LogP contribution in [0, 0.1) is 29.0 Å². The van der Waals surface area contributed by atoms with Gasteiger partial charge in [-0.1, -0.05) is 78.7 Å². The molecule has 0 spiro atoms. The van der Waals surface area contributed by atoms with Crippen molar-refractivity contribution in [3.63, 3.8) is 0 Å². The van der Waals surface area contributed by atoms with E-state index in [2.05, 4.69) is 69.7 Å². The molecule has 62 heavy (non-hydrogen) atoms. The number of carbonyl (C=O) groups is 1. The minimum Gasteiger partial charge on any atom is -0.461 e. The molecule has 9 nitrogen and oxygen atoms in total. The lowest BCUT2D eigenvalue weighted by molar-refractivity contribution is 0.00489.